The third-order valence-electron chi connectivity index (χ3n) is 1.82. The fraction of sp³-hybridized carbons (Fsp3) is 0.273. The molecular weight excluding hydrogens is 224 g/mol. The number of carbonyl (C=O) groups is 2. The van der Waals surface area contributed by atoms with Gasteiger partial charge in [0.1, 0.15) is 0 Å². The van der Waals surface area contributed by atoms with E-state index in [9.17, 15) is 9.59 Å². The maximum atomic E-state index is 11.3. The van der Waals surface area contributed by atoms with Crippen LogP contribution in [0, 0.1) is 0 Å². The highest BCUT2D eigenvalue weighted by Crippen LogP contribution is 2.09. The van der Waals surface area contributed by atoms with E-state index in [0.29, 0.717) is 19.5 Å². The van der Waals surface area contributed by atoms with Crippen LogP contribution in [0.5, 0.6) is 0 Å². The summed E-state index contributed by atoms with van der Waals surface area (Å²) in [6, 6.07) is 3.88. The van der Waals surface area contributed by atoms with Crippen LogP contribution in [0.1, 0.15) is 11.3 Å². The average molecular weight is 238 g/mol. The number of nitrogens with one attached hydrogen (secondary N) is 2. The van der Waals surface area contributed by atoms with E-state index in [2.05, 4.69) is 10.6 Å². The molecule has 4 nitrogen and oxygen atoms in total. The molecule has 86 valence electrons. The molecule has 1 aromatic heterocycles. The van der Waals surface area contributed by atoms with Crippen molar-refractivity contribution in [1.29, 1.82) is 0 Å². The molecule has 0 spiro atoms. The van der Waals surface area contributed by atoms with E-state index in [1.807, 2.05) is 17.5 Å². The molecule has 2 amide bonds. The Morgan fingerprint density at radius 1 is 1.44 bits per heavy atom. The number of hydrogen-bond donors (Lipinski definition) is 2. The van der Waals surface area contributed by atoms with Gasteiger partial charge in [-0.25, -0.2) is 0 Å². The Morgan fingerprint density at radius 3 is 3.00 bits per heavy atom. The van der Waals surface area contributed by atoms with Crippen LogP contribution in [0.3, 0.4) is 0 Å². The van der Waals surface area contributed by atoms with Crippen molar-refractivity contribution in [2.75, 3.05) is 13.1 Å². The van der Waals surface area contributed by atoms with Gasteiger partial charge in [-0.15, -0.1) is 11.3 Å². The van der Waals surface area contributed by atoms with Crippen molar-refractivity contribution in [2.24, 2.45) is 0 Å². The van der Waals surface area contributed by atoms with Gasteiger partial charge in [0.2, 0.25) is 12.3 Å². The third-order valence-corrected chi connectivity index (χ3v) is 2.66. The molecular formula is C11H14N2O2S. The molecule has 2 N–H and O–H groups in total. The molecule has 0 saturated heterocycles. The average Bonchev–Trinajstić information content (AvgIpc) is 2.79. The van der Waals surface area contributed by atoms with Crippen molar-refractivity contribution in [1.82, 2.24) is 10.6 Å². The Kier molecular flexibility index (Phi) is 5.95. The van der Waals surface area contributed by atoms with Crippen molar-refractivity contribution < 1.29 is 9.59 Å². The van der Waals surface area contributed by atoms with Crippen LogP contribution in [0.4, 0.5) is 0 Å². The normalized spacial score (nSPS) is 10.2. The van der Waals surface area contributed by atoms with Crippen LogP contribution >= 0.6 is 11.3 Å². The lowest BCUT2D eigenvalue weighted by Crippen LogP contribution is -2.25. The van der Waals surface area contributed by atoms with Gasteiger partial charge in [-0.05, 0) is 23.9 Å². The summed E-state index contributed by atoms with van der Waals surface area (Å²) in [5.41, 5.74) is 0. The fourth-order valence-electron chi connectivity index (χ4n) is 1.06. The number of hydrogen-bond acceptors (Lipinski definition) is 3. The minimum Gasteiger partial charge on any atom is -0.359 e. The molecule has 16 heavy (non-hydrogen) atoms. The Hall–Kier alpha value is -1.62. The number of carbonyl (C=O) groups excluding carboxylic acids is 2. The van der Waals surface area contributed by atoms with Crippen molar-refractivity contribution in [3.05, 3.63) is 28.5 Å². The van der Waals surface area contributed by atoms with Gasteiger partial charge in [-0.2, -0.15) is 0 Å². The zero-order chi connectivity index (χ0) is 11.6. The van der Waals surface area contributed by atoms with Crippen LogP contribution in [-0.2, 0) is 9.59 Å². The molecule has 1 rings (SSSR count). The first-order valence-corrected chi connectivity index (χ1v) is 5.87. The highest BCUT2D eigenvalue weighted by molar-refractivity contribution is 7.10. The molecule has 1 heterocycles. The lowest BCUT2D eigenvalue weighted by Gasteiger charge is -2.00. The quantitative estimate of drug-likeness (QED) is 0.423. The zero-order valence-corrected chi connectivity index (χ0v) is 9.63. The molecule has 0 aliphatic rings. The first-order chi connectivity index (χ1) is 7.83. The van der Waals surface area contributed by atoms with E-state index in [-0.39, 0.29) is 5.91 Å². The molecule has 0 unspecified atom stereocenters. The lowest BCUT2D eigenvalue weighted by atomic mass is 10.4. The summed E-state index contributed by atoms with van der Waals surface area (Å²) < 4.78 is 0. The van der Waals surface area contributed by atoms with Gasteiger partial charge in [0.15, 0.2) is 0 Å². The lowest BCUT2D eigenvalue weighted by molar-refractivity contribution is -0.116. The summed E-state index contributed by atoms with van der Waals surface area (Å²) in [6.07, 6.45) is 4.68. The summed E-state index contributed by atoms with van der Waals surface area (Å²) in [6.45, 7) is 1.15. The predicted octanol–water partition coefficient (Wildman–Crippen LogP) is 1.01. The molecule has 0 saturated carbocycles. The number of rotatable bonds is 7. The maximum absolute atomic E-state index is 11.3. The number of thiophene rings is 1. The molecule has 0 radical (unpaired) electrons. The topological polar surface area (TPSA) is 58.2 Å². The fourth-order valence-corrected chi connectivity index (χ4v) is 1.68. The van der Waals surface area contributed by atoms with E-state index in [4.69, 9.17) is 0 Å². The maximum Gasteiger partial charge on any atom is 0.244 e. The SMILES string of the molecule is O=CNCCCNC(=O)/C=C/c1cccs1. The van der Waals surface area contributed by atoms with Crippen LogP contribution in [0.2, 0.25) is 0 Å². The highest BCUT2D eigenvalue weighted by Gasteiger charge is 1.94. The first-order valence-electron chi connectivity index (χ1n) is 4.99. The van der Waals surface area contributed by atoms with E-state index >= 15 is 0 Å². The van der Waals surface area contributed by atoms with Gasteiger partial charge in [-0.1, -0.05) is 6.07 Å². The second kappa shape index (κ2) is 7.64. The summed E-state index contributed by atoms with van der Waals surface area (Å²) >= 11 is 1.58. The van der Waals surface area contributed by atoms with Crippen LogP contribution < -0.4 is 10.6 Å². The molecule has 0 atom stereocenters. The summed E-state index contributed by atoms with van der Waals surface area (Å²) in [7, 11) is 0. The Bertz CT molecular complexity index is 347. The van der Waals surface area contributed by atoms with Crippen LogP contribution in [0.15, 0.2) is 23.6 Å². The van der Waals surface area contributed by atoms with Crippen molar-refractivity contribution in [3.63, 3.8) is 0 Å². The van der Waals surface area contributed by atoms with E-state index < -0.39 is 0 Å². The third kappa shape index (κ3) is 5.31. The van der Waals surface area contributed by atoms with Crippen molar-refractivity contribution in [2.45, 2.75) is 6.42 Å². The minimum absolute atomic E-state index is 0.112. The molecule has 0 aromatic carbocycles. The largest absolute Gasteiger partial charge is 0.359 e. The molecule has 0 bridgehead atoms. The van der Waals surface area contributed by atoms with Gasteiger partial charge < -0.3 is 10.6 Å². The van der Waals surface area contributed by atoms with Gasteiger partial charge >= 0.3 is 0 Å². The summed E-state index contributed by atoms with van der Waals surface area (Å²) in [5, 5.41) is 7.22. The van der Waals surface area contributed by atoms with Crippen LogP contribution in [0.25, 0.3) is 6.08 Å². The second-order valence-electron chi connectivity index (χ2n) is 3.07. The van der Waals surface area contributed by atoms with Gasteiger partial charge in [0.05, 0.1) is 0 Å². The van der Waals surface area contributed by atoms with Gasteiger partial charge in [-0.3, -0.25) is 9.59 Å². The van der Waals surface area contributed by atoms with Crippen molar-refractivity contribution >= 4 is 29.7 Å². The standard InChI is InChI=1S/C11H14N2O2S/c14-9-12-6-2-7-13-11(15)5-4-10-3-1-8-16-10/h1,3-5,8-9H,2,6-7H2,(H,12,14)(H,13,15)/b5-4+. The Labute approximate surface area is 98.4 Å². The van der Waals surface area contributed by atoms with Gasteiger partial charge in [0.25, 0.3) is 0 Å². The monoisotopic (exact) mass is 238 g/mol. The predicted molar refractivity (Wildman–Crippen MR) is 65.0 cm³/mol. The smallest absolute Gasteiger partial charge is 0.244 e. The molecule has 1 aromatic rings. The highest BCUT2D eigenvalue weighted by atomic mass is 32.1. The van der Waals surface area contributed by atoms with E-state index in [1.165, 1.54) is 6.08 Å². The van der Waals surface area contributed by atoms with Crippen molar-refractivity contribution in [3.8, 4) is 0 Å². The van der Waals surface area contributed by atoms with Crippen LogP contribution in [-0.4, -0.2) is 25.4 Å². The molecule has 0 aliphatic carbocycles. The zero-order valence-electron chi connectivity index (χ0n) is 8.81. The summed E-state index contributed by atoms with van der Waals surface area (Å²) in [5.74, 6) is -0.112. The van der Waals surface area contributed by atoms with Gasteiger partial charge in [0, 0.05) is 24.0 Å². The number of amides is 2. The molecule has 5 heteroatoms. The molecule has 0 aliphatic heterocycles. The van der Waals surface area contributed by atoms with E-state index in [1.54, 1.807) is 17.4 Å². The molecule has 0 fully saturated rings. The summed E-state index contributed by atoms with van der Waals surface area (Å²) in [4.78, 5) is 22.3. The minimum atomic E-state index is -0.112. The van der Waals surface area contributed by atoms with E-state index in [0.717, 1.165) is 11.3 Å². The second-order valence-corrected chi connectivity index (χ2v) is 4.04. The Balaban J connectivity index is 2.13. The Morgan fingerprint density at radius 2 is 2.31 bits per heavy atom. The first kappa shape index (κ1) is 12.4.